The molecule has 194 valence electrons. The van der Waals surface area contributed by atoms with Crippen molar-refractivity contribution in [3.8, 4) is 11.5 Å². The summed E-state index contributed by atoms with van der Waals surface area (Å²) in [5.74, 6) is 1.22. The molecule has 37 heavy (non-hydrogen) atoms. The van der Waals surface area contributed by atoms with Crippen molar-refractivity contribution in [1.82, 2.24) is 10.2 Å². The number of carbonyl (C=O) groups excluding carboxylic acids is 2. The Hall–Kier alpha value is -3.32. The van der Waals surface area contributed by atoms with Gasteiger partial charge in [0.15, 0.2) is 11.5 Å². The largest absolute Gasteiger partial charge is 0.454 e. The maximum Gasteiger partial charge on any atom is 0.243 e. The summed E-state index contributed by atoms with van der Waals surface area (Å²) in [7, 11) is 0. The molecule has 6 nitrogen and oxygen atoms in total. The van der Waals surface area contributed by atoms with Gasteiger partial charge in [0.2, 0.25) is 18.6 Å². The SMILES string of the molecule is CC[C@H](C)NC(=O)[C@H](Cc1ccccc1)N(Cc1ccc(Br)cc1)C(=O)CCc1ccc2c(c1)OCO2. The number of ether oxygens (including phenoxy) is 2. The summed E-state index contributed by atoms with van der Waals surface area (Å²) < 4.78 is 11.9. The van der Waals surface area contributed by atoms with Crippen LogP contribution in [0.5, 0.6) is 11.5 Å². The first kappa shape index (κ1) is 26.7. The normalized spacial score (nSPS) is 13.6. The van der Waals surface area contributed by atoms with Gasteiger partial charge in [0, 0.05) is 29.9 Å². The molecule has 0 unspecified atom stereocenters. The van der Waals surface area contributed by atoms with E-state index in [1.807, 2.05) is 86.6 Å². The lowest BCUT2D eigenvalue weighted by Gasteiger charge is -2.32. The average Bonchev–Trinajstić information content (AvgIpc) is 3.39. The van der Waals surface area contributed by atoms with Crippen LogP contribution < -0.4 is 14.8 Å². The first-order valence-electron chi connectivity index (χ1n) is 12.7. The third kappa shape index (κ3) is 7.35. The van der Waals surface area contributed by atoms with E-state index in [1.54, 1.807) is 4.90 Å². The molecular weight excluding hydrogens is 532 g/mol. The van der Waals surface area contributed by atoms with Crippen molar-refractivity contribution in [3.05, 3.63) is 94.0 Å². The maximum absolute atomic E-state index is 13.8. The Morgan fingerprint density at radius 3 is 2.38 bits per heavy atom. The third-order valence-electron chi connectivity index (χ3n) is 6.60. The van der Waals surface area contributed by atoms with Crippen molar-refractivity contribution in [1.29, 1.82) is 0 Å². The van der Waals surface area contributed by atoms with Gasteiger partial charge >= 0.3 is 0 Å². The van der Waals surface area contributed by atoms with Gasteiger partial charge in [-0.25, -0.2) is 0 Å². The molecule has 3 aromatic rings. The van der Waals surface area contributed by atoms with Crippen LogP contribution in [0.25, 0.3) is 0 Å². The van der Waals surface area contributed by atoms with E-state index in [0.717, 1.165) is 33.3 Å². The molecule has 1 heterocycles. The van der Waals surface area contributed by atoms with Crippen LogP contribution in [0.1, 0.15) is 43.4 Å². The van der Waals surface area contributed by atoms with E-state index in [0.29, 0.717) is 25.1 Å². The Kier molecular flexibility index (Phi) is 9.23. The van der Waals surface area contributed by atoms with Gasteiger partial charge in [-0.2, -0.15) is 0 Å². The fourth-order valence-electron chi connectivity index (χ4n) is 4.27. The van der Waals surface area contributed by atoms with Crippen LogP contribution in [0.4, 0.5) is 0 Å². The fourth-order valence-corrected chi connectivity index (χ4v) is 4.54. The van der Waals surface area contributed by atoms with Crippen molar-refractivity contribution in [2.75, 3.05) is 6.79 Å². The molecule has 2 atom stereocenters. The molecule has 0 spiro atoms. The number of amides is 2. The lowest BCUT2D eigenvalue weighted by Crippen LogP contribution is -2.52. The molecular formula is C30H33BrN2O4. The van der Waals surface area contributed by atoms with Crippen LogP contribution >= 0.6 is 15.9 Å². The molecule has 0 bridgehead atoms. The highest BCUT2D eigenvalue weighted by atomic mass is 79.9. The van der Waals surface area contributed by atoms with Crippen LogP contribution in [0, 0.1) is 0 Å². The van der Waals surface area contributed by atoms with E-state index >= 15 is 0 Å². The number of benzene rings is 3. The molecule has 1 aliphatic heterocycles. The smallest absolute Gasteiger partial charge is 0.243 e. The predicted octanol–water partition coefficient (Wildman–Crippen LogP) is 5.67. The number of rotatable bonds is 11. The Morgan fingerprint density at radius 1 is 0.946 bits per heavy atom. The van der Waals surface area contributed by atoms with Crippen LogP contribution in [0.3, 0.4) is 0 Å². The van der Waals surface area contributed by atoms with Crippen molar-refractivity contribution in [2.45, 2.75) is 58.2 Å². The summed E-state index contributed by atoms with van der Waals surface area (Å²) in [6.45, 7) is 4.58. The van der Waals surface area contributed by atoms with Gasteiger partial charge in [-0.1, -0.05) is 71.4 Å². The number of nitrogens with one attached hydrogen (secondary N) is 1. The summed E-state index contributed by atoms with van der Waals surface area (Å²) >= 11 is 3.48. The van der Waals surface area contributed by atoms with Crippen LogP contribution in [-0.4, -0.2) is 35.6 Å². The molecule has 0 radical (unpaired) electrons. The topological polar surface area (TPSA) is 67.9 Å². The van der Waals surface area contributed by atoms with Crippen molar-refractivity contribution < 1.29 is 19.1 Å². The van der Waals surface area contributed by atoms with Crippen molar-refractivity contribution >= 4 is 27.7 Å². The molecule has 7 heteroatoms. The summed E-state index contributed by atoms with van der Waals surface area (Å²) in [5, 5.41) is 3.11. The number of fused-ring (bicyclic) bond motifs is 1. The molecule has 1 N–H and O–H groups in total. The average molecular weight is 566 g/mol. The molecule has 0 saturated heterocycles. The zero-order valence-electron chi connectivity index (χ0n) is 21.3. The minimum Gasteiger partial charge on any atom is -0.454 e. The van der Waals surface area contributed by atoms with Gasteiger partial charge in [0.05, 0.1) is 0 Å². The minimum atomic E-state index is -0.635. The molecule has 1 aliphatic rings. The predicted molar refractivity (Wildman–Crippen MR) is 147 cm³/mol. The summed E-state index contributed by atoms with van der Waals surface area (Å²) in [5.41, 5.74) is 2.97. The zero-order chi connectivity index (χ0) is 26.2. The van der Waals surface area contributed by atoms with E-state index in [-0.39, 0.29) is 31.1 Å². The molecule has 0 aromatic heterocycles. The number of carbonyl (C=O) groups is 2. The second-order valence-electron chi connectivity index (χ2n) is 9.36. The van der Waals surface area contributed by atoms with Gasteiger partial charge in [-0.05, 0) is 60.7 Å². The summed E-state index contributed by atoms with van der Waals surface area (Å²) in [4.78, 5) is 29.1. The number of halogens is 1. The van der Waals surface area contributed by atoms with Gasteiger partial charge in [-0.3, -0.25) is 9.59 Å². The molecule has 0 fully saturated rings. The van der Waals surface area contributed by atoms with E-state index in [9.17, 15) is 9.59 Å². The standard InChI is InChI=1S/C30H33BrN2O4/c1-3-21(2)32-30(35)26(17-22-7-5-4-6-8-22)33(19-24-9-13-25(31)14-10-24)29(34)16-12-23-11-15-27-28(18-23)37-20-36-27/h4-11,13-15,18,21,26H,3,12,16-17,19-20H2,1-2H3,(H,32,35)/t21-,26-/m0/s1. The highest BCUT2D eigenvalue weighted by Gasteiger charge is 2.31. The van der Waals surface area contributed by atoms with E-state index < -0.39 is 6.04 Å². The van der Waals surface area contributed by atoms with E-state index in [1.165, 1.54) is 0 Å². The second-order valence-corrected chi connectivity index (χ2v) is 10.3. The molecule has 0 aliphatic carbocycles. The van der Waals surface area contributed by atoms with Gasteiger partial charge in [-0.15, -0.1) is 0 Å². The third-order valence-corrected chi connectivity index (χ3v) is 7.13. The molecule has 3 aromatic carbocycles. The van der Waals surface area contributed by atoms with Crippen LogP contribution in [-0.2, 0) is 29.0 Å². The number of hydrogen-bond acceptors (Lipinski definition) is 4. The fraction of sp³-hybridized carbons (Fsp3) is 0.333. The lowest BCUT2D eigenvalue weighted by atomic mass is 10.0. The number of hydrogen-bond donors (Lipinski definition) is 1. The summed E-state index contributed by atoms with van der Waals surface area (Å²) in [6.07, 6.45) is 2.07. The maximum atomic E-state index is 13.8. The second kappa shape index (κ2) is 12.8. The van der Waals surface area contributed by atoms with E-state index in [4.69, 9.17) is 9.47 Å². The van der Waals surface area contributed by atoms with Gasteiger partial charge in [0.1, 0.15) is 6.04 Å². The van der Waals surface area contributed by atoms with Crippen molar-refractivity contribution in [3.63, 3.8) is 0 Å². The Balaban J connectivity index is 1.59. The minimum absolute atomic E-state index is 0.0176. The number of aryl methyl sites for hydroxylation is 1. The quantitative estimate of drug-likeness (QED) is 0.326. The first-order chi connectivity index (χ1) is 17.9. The molecule has 0 saturated carbocycles. The van der Waals surface area contributed by atoms with E-state index in [2.05, 4.69) is 21.2 Å². The summed E-state index contributed by atoms with van der Waals surface area (Å²) in [6, 6.07) is 22.9. The monoisotopic (exact) mass is 564 g/mol. The van der Waals surface area contributed by atoms with Gasteiger partial charge in [0.25, 0.3) is 0 Å². The Labute approximate surface area is 227 Å². The highest BCUT2D eigenvalue weighted by molar-refractivity contribution is 9.10. The Morgan fingerprint density at radius 2 is 1.65 bits per heavy atom. The zero-order valence-corrected chi connectivity index (χ0v) is 22.9. The van der Waals surface area contributed by atoms with Gasteiger partial charge < -0.3 is 19.7 Å². The molecule has 2 amide bonds. The first-order valence-corrected chi connectivity index (χ1v) is 13.5. The highest BCUT2D eigenvalue weighted by Crippen LogP contribution is 2.33. The Bertz CT molecular complexity index is 1200. The van der Waals surface area contributed by atoms with Crippen LogP contribution in [0.2, 0.25) is 0 Å². The molecule has 4 rings (SSSR count). The number of nitrogens with zero attached hydrogens (tertiary/aromatic N) is 1. The van der Waals surface area contributed by atoms with Crippen molar-refractivity contribution in [2.24, 2.45) is 0 Å². The lowest BCUT2D eigenvalue weighted by molar-refractivity contribution is -0.141. The van der Waals surface area contributed by atoms with Crippen LogP contribution in [0.15, 0.2) is 77.3 Å².